The molecule has 6 heteroatoms. The highest BCUT2D eigenvalue weighted by Crippen LogP contribution is 2.25. The molecule has 1 atom stereocenters. The Labute approximate surface area is 137 Å². The molecular weight excluding hydrogens is 314 g/mol. The fourth-order valence-electron chi connectivity index (χ4n) is 2.50. The summed E-state index contributed by atoms with van der Waals surface area (Å²) in [7, 11) is -3.36. The van der Waals surface area contributed by atoms with E-state index in [0.717, 1.165) is 17.0 Å². The maximum Gasteiger partial charge on any atom is 0.211 e. The molecule has 0 saturated heterocycles. The monoisotopic (exact) mass is 337 g/mol. The van der Waals surface area contributed by atoms with Crippen LogP contribution in [0, 0.1) is 0 Å². The van der Waals surface area contributed by atoms with Gasteiger partial charge in [0.2, 0.25) is 10.0 Å². The molecule has 0 unspecified atom stereocenters. The fraction of sp³-hybridized carbons (Fsp3) is 0.412. The third kappa shape index (κ3) is 4.67. The second-order valence-electron chi connectivity index (χ2n) is 5.87. The van der Waals surface area contributed by atoms with Crippen molar-refractivity contribution in [3.8, 4) is 5.75 Å². The number of aliphatic hydroxyl groups is 1. The Balaban J connectivity index is 2.05. The van der Waals surface area contributed by atoms with Gasteiger partial charge in [0, 0.05) is 18.0 Å². The lowest BCUT2D eigenvalue weighted by Gasteiger charge is -2.26. The molecule has 2 aromatic rings. The van der Waals surface area contributed by atoms with Crippen LogP contribution in [0.5, 0.6) is 5.75 Å². The molecule has 0 aliphatic carbocycles. The van der Waals surface area contributed by atoms with Gasteiger partial charge in [-0.2, -0.15) is 4.31 Å². The van der Waals surface area contributed by atoms with Crippen LogP contribution in [0.3, 0.4) is 0 Å². The lowest BCUT2D eigenvalue weighted by molar-refractivity contribution is 0.0848. The predicted octanol–water partition coefficient (Wildman–Crippen LogP) is 2.25. The molecule has 0 fully saturated rings. The largest absolute Gasteiger partial charge is 0.490 e. The molecule has 2 aromatic carbocycles. The van der Waals surface area contributed by atoms with Gasteiger partial charge in [-0.3, -0.25) is 0 Å². The summed E-state index contributed by atoms with van der Waals surface area (Å²) in [6.45, 7) is 3.60. The van der Waals surface area contributed by atoms with Crippen molar-refractivity contribution in [1.29, 1.82) is 0 Å². The summed E-state index contributed by atoms with van der Waals surface area (Å²) < 4.78 is 30.4. The molecule has 126 valence electrons. The number of fused-ring (bicyclic) bond motifs is 1. The Bertz CT molecular complexity index is 753. The third-order valence-electron chi connectivity index (χ3n) is 3.57. The van der Waals surface area contributed by atoms with E-state index in [9.17, 15) is 13.5 Å². The zero-order valence-electron chi connectivity index (χ0n) is 13.6. The van der Waals surface area contributed by atoms with Crippen molar-refractivity contribution in [1.82, 2.24) is 4.31 Å². The van der Waals surface area contributed by atoms with Gasteiger partial charge in [0.25, 0.3) is 0 Å². The molecule has 0 amide bonds. The van der Waals surface area contributed by atoms with Gasteiger partial charge >= 0.3 is 0 Å². The maximum absolute atomic E-state index is 11.7. The second kappa shape index (κ2) is 7.29. The standard InChI is InChI=1S/C17H23NO4S/c1-13(2)18(23(3,20)21)11-15(19)12-22-17-10-6-8-14-7-4-5-9-16(14)17/h4-10,13,15,19H,11-12H2,1-3H3/t15-/m0/s1. The highest BCUT2D eigenvalue weighted by atomic mass is 32.2. The van der Waals surface area contributed by atoms with Crippen molar-refractivity contribution in [3.05, 3.63) is 42.5 Å². The average molecular weight is 337 g/mol. The van der Waals surface area contributed by atoms with E-state index >= 15 is 0 Å². The van der Waals surface area contributed by atoms with E-state index in [1.807, 2.05) is 42.5 Å². The Morgan fingerprint density at radius 3 is 2.43 bits per heavy atom. The highest BCUT2D eigenvalue weighted by molar-refractivity contribution is 7.88. The van der Waals surface area contributed by atoms with Crippen molar-refractivity contribution >= 4 is 20.8 Å². The fourth-order valence-corrected chi connectivity index (χ4v) is 3.71. The van der Waals surface area contributed by atoms with E-state index in [0.29, 0.717) is 5.75 Å². The van der Waals surface area contributed by atoms with E-state index in [1.165, 1.54) is 4.31 Å². The number of aliphatic hydroxyl groups excluding tert-OH is 1. The van der Waals surface area contributed by atoms with Crippen LogP contribution in [0.1, 0.15) is 13.8 Å². The molecule has 0 aromatic heterocycles. The van der Waals surface area contributed by atoms with Crippen LogP contribution in [0.4, 0.5) is 0 Å². The molecule has 0 aliphatic heterocycles. The minimum Gasteiger partial charge on any atom is -0.490 e. The number of benzene rings is 2. The maximum atomic E-state index is 11.7. The van der Waals surface area contributed by atoms with Gasteiger partial charge in [-0.05, 0) is 25.3 Å². The zero-order chi connectivity index (χ0) is 17.0. The minimum atomic E-state index is -3.36. The molecule has 0 bridgehead atoms. The molecular formula is C17H23NO4S. The van der Waals surface area contributed by atoms with Crippen LogP contribution >= 0.6 is 0 Å². The van der Waals surface area contributed by atoms with Gasteiger partial charge < -0.3 is 9.84 Å². The normalized spacial score (nSPS) is 13.7. The molecule has 0 saturated carbocycles. The summed E-state index contributed by atoms with van der Waals surface area (Å²) in [5.74, 6) is 0.678. The quantitative estimate of drug-likeness (QED) is 0.841. The first-order chi connectivity index (χ1) is 10.8. The Kier molecular flexibility index (Phi) is 5.62. The summed E-state index contributed by atoms with van der Waals surface area (Å²) in [5, 5.41) is 12.2. The number of sulfonamides is 1. The summed E-state index contributed by atoms with van der Waals surface area (Å²) in [6.07, 6.45) is 0.247. The van der Waals surface area contributed by atoms with Crippen LogP contribution in [0.15, 0.2) is 42.5 Å². The van der Waals surface area contributed by atoms with E-state index in [4.69, 9.17) is 4.74 Å². The summed E-state index contributed by atoms with van der Waals surface area (Å²) in [5.41, 5.74) is 0. The smallest absolute Gasteiger partial charge is 0.211 e. The van der Waals surface area contributed by atoms with Crippen molar-refractivity contribution < 1.29 is 18.3 Å². The number of hydrogen-bond acceptors (Lipinski definition) is 4. The van der Waals surface area contributed by atoms with E-state index in [1.54, 1.807) is 13.8 Å². The minimum absolute atomic E-state index is 0.0151. The summed E-state index contributed by atoms with van der Waals surface area (Å²) in [6, 6.07) is 13.3. The van der Waals surface area contributed by atoms with Crippen molar-refractivity contribution in [2.45, 2.75) is 26.0 Å². The molecule has 0 heterocycles. The van der Waals surface area contributed by atoms with Gasteiger partial charge in [0.1, 0.15) is 18.5 Å². The first kappa shape index (κ1) is 17.7. The third-order valence-corrected chi connectivity index (χ3v) is 5.00. The van der Waals surface area contributed by atoms with Gasteiger partial charge in [-0.15, -0.1) is 0 Å². The topological polar surface area (TPSA) is 66.8 Å². The molecule has 5 nitrogen and oxygen atoms in total. The predicted molar refractivity (Wildman–Crippen MR) is 92.1 cm³/mol. The second-order valence-corrected chi connectivity index (χ2v) is 7.80. The molecule has 0 spiro atoms. The lowest BCUT2D eigenvalue weighted by atomic mass is 10.1. The van der Waals surface area contributed by atoms with Crippen LogP contribution < -0.4 is 4.74 Å². The van der Waals surface area contributed by atoms with Gasteiger partial charge in [0.15, 0.2) is 0 Å². The molecule has 1 N–H and O–H groups in total. The van der Waals surface area contributed by atoms with Crippen molar-refractivity contribution in [2.24, 2.45) is 0 Å². The first-order valence-corrected chi connectivity index (χ1v) is 9.39. The number of hydrogen-bond donors (Lipinski definition) is 1. The van der Waals surface area contributed by atoms with E-state index in [2.05, 4.69) is 0 Å². The Morgan fingerprint density at radius 2 is 1.78 bits per heavy atom. The van der Waals surface area contributed by atoms with Crippen LogP contribution in [-0.2, 0) is 10.0 Å². The van der Waals surface area contributed by atoms with Gasteiger partial charge in [-0.1, -0.05) is 36.4 Å². The number of nitrogens with zero attached hydrogens (tertiary/aromatic N) is 1. The Morgan fingerprint density at radius 1 is 1.13 bits per heavy atom. The molecule has 23 heavy (non-hydrogen) atoms. The zero-order valence-corrected chi connectivity index (χ0v) is 14.5. The first-order valence-electron chi connectivity index (χ1n) is 7.54. The van der Waals surface area contributed by atoms with Crippen LogP contribution in [0.2, 0.25) is 0 Å². The molecule has 2 rings (SSSR count). The van der Waals surface area contributed by atoms with Crippen LogP contribution in [0.25, 0.3) is 10.8 Å². The van der Waals surface area contributed by atoms with Crippen molar-refractivity contribution in [2.75, 3.05) is 19.4 Å². The highest BCUT2D eigenvalue weighted by Gasteiger charge is 2.23. The van der Waals surface area contributed by atoms with Gasteiger partial charge in [0.05, 0.1) is 6.26 Å². The van der Waals surface area contributed by atoms with E-state index in [-0.39, 0.29) is 19.2 Å². The number of rotatable bonds is 7. The SMILES string of the molecule is CC(C)N(C[C@H](O)COc1cccc2ccccc12)S(C)(=O)=O. The van der Waals surface area contributed by atoms with Crippen molar-refractivity contribution in [3.63, 3.8) is 0 Å². The Hall–Kier alpha value is -1.63. The number of ether oxygens (including phenoxy) is 1. The van der Waals surface area contributed by atoms with Crippen LogP contribution in [-0.4, -0.2) is 49.4 Å². The summed E-state index contributed by atoms with van der Waals surface area (Å²) in [4.78, 5) is 0. The summed E-state index contributed by atoms with van der Waals surface area (Å²) >= 11 is 0. The lowest BCUT2D eigenvalue weighted by Crippen LogP contribution is -2.43. The van der Waals surface area contributed by atoms with E-state index < -0.39 is 16.1 Å². The molecule has 0 aliphatic rings. The molecule has 0 radical (unpaired) electrons. The average Bonchev–Trinajstić information content (AvgIpc) is 2.49. The van der Waals surface area contributed by atoms with Gasteiger partial charge in [-0.25, -0.2) is 8.42 Å².